The highest BCUT2D eigenvalue weighted by molar-refractivity contribution is 5.92. The number of rotatable bonds is 7. The van der Waals surface area contributed by atoms with Gasteiger partial charge < -0.3 is 14.8 Å². The van der Waals surface area contributed by atoms with E-state index in [0.717, 1.165) is 28.2 Å². The normalized spacial score (nSPS) is 10.9. The number of nitrogens with zero attached hydrogens (tertiary/aromatic N) is 2. The molecule has 3 aromatic rings. The van der Waals surface area contributed by atoms with Crippen molar-refractivity contribution in [3.63, 3.8) is 0 Å². The Morgan fingerprint density at radius 3 is 2.34 bits per heavy atom. The number of para-hydroxylation sites is 1. The van der Waals surface area contributed by atoms with Crippen molar-refractivity contribution in [3.8, 4) is 17.2 Å². The highest BCUT2D eigenvalue weighted by Gasteiger charge is 2.11. The molecular formula is C23H25N3O3. The number of carbonyl (C=O) groups is 1. The van der Waals surface area contributed by atoms with E-state index in [1.807, 2.05) is 61.0 Å². The van der Waals surface area contributed by atoms with Crippen molar-refractivity contribution in [2.24, 2.45) is 0 Å². The van der Waals surface area contributed by atoms with Gasteiger partial charge in [-0.3, -0.25) is 4.79 Å². The fourth-order valence-electron chi connectivity index (χ4n) is 3.09. The summed E-state index contributed by atoms with van der Waals surface area (Å²) in [6.45, 7) is 4.30. The SMILES string of the molecule is COc1cc(CNC(=O)/C=C/c2c(C)nn(-c3ccccc3)c2C)cc(OC)c1. The monoisotopic (exact) mass is 391 g/mol. The number of aromatic nitrogens is 2. The van der Waals surface area contributed by atoms with Crippen LogP contribution in [-0.4, -0.2) is 29.9 Å². The van der Waals surface area contributed by atoms with Gasteiger partial charge in [-0.2, -0.15) is 5.10 Å². The molecule has 150 valence electrons. The van der Waals surface area contributed by atoms with Crippen LogP contribution < -0.4 is 14.8 Å². The smallest absolute Gasteiger partial charge is 0.244 e. The third kappa shape index (κ3) is 4.85. The summed E-state index contributed by atoms with van der Waals surface area (Å²) in [5.41, 5.74) is 4.67. The molecule has 1 heterocycles. The van der Waals surface area contributed by atoms with Gasteiger partial charge in [0.05, 0.1) is 25.6 Å². The predicted octanol–water partition coefficient (Wildman–Crippen LogP) is 3.84. The van der Waals surface area contributed by atoms with Crippen LogP contribution in [0.15, 0.2) is 54.6 Å². The third-order valence-electron chi connectivity index (χ3n) is 4.63. The van der Waals surface area contributed by atoms with Crippen molar-refractivity contribution < 1.29 is 14.3 Å². The largest absolute Gasteiger partial charge is 0.497 e. The highest BCUT2D eigenvalue weighted by Crippen LogP contribution is 2.22. The molecule has 0 spiro atoms. The second-order valence-corrected chi connectivity index (χ2v) is 6.60. The zero-order chi connectivity index (χ0) is 20.8. The van der Waals surface area contributed by atoms with Gasteiger partial charge in [-0.1, -0.05) is 18.2 Å². The van der Waals surface area contributed by atoms with Gasteiger partial charge >= 0.3 is 0 Å². The lowest BCUT2D eigenvalue weighted by Gasteiger charge is -2.08. The molecule has 0 aliphatic carbocycles. The van der Waals surface area contributed by atoms with Crippen LogP contribution in [0.4, 0.5) is 0 Å². The van der Waals surface area contributed by atoms with Crippen molar-refractivity contribution in [2.75, 3.05) is 14.2 Å². The number of amides is 1. The Labute approximate surface area is 170 Å². The van der Waals surface area contributed by atoms with Gasteiger partial charge in [-0.15, -0.1) is 0 Å². The fraction of sp³-hybridized carbons (Fsp3) is 0.217. The van der Waals surface area contributed by atoms with Gasteiger partial charge in [0, 0.05) is 29.9 Å². The van der Waals surface area contributed by atoms with Gasteiger partial charge in [0.2, 0.25) is 5.91 Å². The van der Waals surface area contributed by atoms with Gasteiger partial charge in [-0.05, 0) is 49.8 Å². The van der Waals surface area contributed by atoms with Crippen LogP contribution in [0.3, 0.4) is 0 Å². The number of aryl methyl sites for hydroxylation is 1. The molecule has 0 saturated heterocycles. The second kappa shape index (κ2) is 9.10. The summed E-state index contributed by atoms with van der Waals surface area (Å²) in [6, 6.07) is 15.4. The van der Waals surface area contributed by atoms with Crippen molar-refractivity contribution in [1.29, 1.82) is 0 Å². The Hall–Kier alpha value is -3.54. The fourth-order valence-corrected chi connectivity index (χ4v) is 3.09. The van der Waals surface area contributed by atoms with Gasteiger partial charge in [-0.25, -0.2) is 4.68 Å². The van der Waals surface area contributed by atoms with Crippen LogP contribution in [-0.2, 0) is 11.3 Å². The average molecular weight is 391 g/mol. The summed E-state index contributed by atoms with van der Waals surface area (Å²) in [5, 5.41) is 7.48. The quantitative estimate of drug-likeness (QED) is 0.622. The molecule has 2 aromatic carbocycles. The van der Waals surface area contributed by atoms with E-state index in [2.05, 4.69) is 10.4 Å². The molecule has 0 unspecified atom stereocenters. The third-order valence-corrected chi connectivity index (χ3v) is 4.63. The molecule has 0 fully saturated rings. The lowest BCUT2D eigenvalue weighted by atomic mass is 10.1. The average Bonchev–Trinajstić information content (AvgIpc) is 3.04. The number of nitrogens with one attached hydrogen (secondary N) is 1. The van der Waals surface area contributed by atoms with Crippen LogP contribution in [0.25, 0.3) is 11.8 Å². The van der Waals surface area contributed by atoms with E-state index in [1.165, 1.54) is 6.08 Å². The second-order valence-electron chi connectivity index (χ2n) is 6.60. The van der Waals surface area contributed by atoms with E-state index in [-0.39, 0.29) is 5.91 Å². The summed E-state index contributed by atoms with van der Waals surface area (Å²) in [7, 11) is 3.19. The number of methoxy groups -OCH3 is 2. The van der Waals surface area contributed by atoms with Crippen molar-refractivity contribution in [2.45, 2.75) is 20.4 Å². The Morgan fingerprint density at radius 2 is 1.72 bits per heavy atom. The summed E-state index contributed by atoms with van der Waals surface area (Å²) in [5.74, 6) is 1.19. The minimum absolute atomic E-state index is 0.182. The first-order valence-electron chi connectivity index (χ1n) is 9.31. The molecule has 29 heavy (non-hydrogen) atoms. The molecule has 0 atom stereocenters. The summed E-state index contributed by atoms with van der Waals surface area (Å²) in [6.07, 6.45) is 3.34. The molecule has 6 nitrogen and oxygen atoms in total. The van der Waals surface area contributed by atoms with E-state index in [9.17, 15) is 4.79 Å². The molecule has 0 aliphatic heterocycles. The standard InChI is InChI=1S/C23H25N3O3/c1-16-22(17(2)26(25-16)19-8-6-5-7-9-19)10-11-23(27)24-15-18-12-20(28-3)14-21(13-18)29-4/h5-14H,15H2,1-4H3,(H,24,27)/b11-10+. The van der Waals surface area contributed by atoms with E-state index in [1.54, 1.807) is 26.4 Å². The maximum Gasteiger partial charge on any atom is 0.244 e. The minimum Gasteiger partial charge on any atom is -0.497 e. The highest BCUT2D eigenvalue weighted by atomic mass is 16.5. The van der Waals surface area contributed by atoms with Gasteiger partial charge in [0.15, 0.2) is 0 Å². The van der Waals surface area contributed by atoms with Crippen LogP contribution in [0.2, 0.25) is 0 Å². The number of hydrogen-bond acceptors (Lipinski definition) is 4. The molecule has 0 radical (unpaired) electrons. The molecule has 0 bridgehead atoms. The van der Waals surface area contributed by atoms with E-state index < -0.39 is 0 Å². The van der Waals surface area contributed by atoms with Crippen LogP contribution in [0.5, 0.6) is 11.5 Å². The van der Waals surface area contributed by atoms with E-state index in [0.29, 0.717) is 18.0 Å². The number of carbonyl (C=O) groups excluding carboxylic acids is 1. The van der Waals surface area contributed by atoms with Crippen molar-refractivity contribution in [3.05, 3.63) is 77.1 Å². The zero-order valence-electron chi connectivity index (χ0n) is 17.1. The number of benzene rings is 2. The van der Waals surface area contributed by atoms with Gasteiger partial charge in [0.25, 0.3) is 0 Å². The number of ether oxygens (including phenoxy) is 2. The minimum atomic E-state index is -0.182. The molecule has 0 aliphatic rings. The first-order valence-corrected chi connectivity index (χ1v) is 9.31. The summed E-state index contributed by atoms with van der Waals surface area (Å²) >= 11 is 0. The van der Waals surface area contributed by atoms with Crippen LogP contribution in [0.1, 0.15) is 22.5 Å². The van der Waals surface area contributed by atoms with Crippen molar-refractivity contribution in [1.82, 2.24) is 15.1 Å². The summed E-state index contributed by atoms with van der Waals surface area (Å²) in [4.78, 5) is 12.3. The Balaban J connectivity index is 1.69. The first kappa shape index (κ1) is 20.2. The molecule has 1 aromatic heterocycles. The molecule has 3 rings (SSSR count). The van der Waals surface area contributed by atoms with E-state index in [4.69, 9.17) is 9.47 Å². The van der Waals surface area contributed by atoms with E-state index >= 15 is 0 Å². The Kier molecular flexibility index (Phi) is 6.34. The Bertz CT molecular complexity index is 1000. The predicted molar refractivity (Wildman–Crippen MR) is 113 cm³/mol. The van der Waals surface area contributed by atoms with Gasteiger partial charge in [0.1, 0.15) is 11.5 Å². The zero-order valence-corrected chi connectivity index (χ0v) is 17.1. The van der Waals surface area contributed by atoms with Crippen LogP contribution >= 0.6 is 0 Å². The first-order chi connectivity index (χ1) is 14.0. The summed E-state index contributed by atoms with van der Waals surface area (Å²) < 4.78 is 12.4. The topological polar surface area (TPSA) is 65.4 Å². The van der Waals surface area contributed by atoms with Crippen molar-refractivity contribution >= 4 is 12.0 Å². The number of hydrogen-bond donors (Lipinski definition) is 1. The maximum atomic E-state index is 12.3. The lowest BCUT2D eigenvalue weighted by Crippen LogP contribution is -2.20. The molecule has 1 N–H and O–H groups in total. The Morgan fingerprint density at radius 1 is 1.07 bits per heavy atom. The maximum absolute atomic E-state index is 12.3. The molecule has 1 amide bonds. The molecular weight excluding hydrogens is 366 g/mol. The lowest BCUT2D eigenvalue weighted by molar-refractivity contribution is -0.116. The molecule has 0 saturated carbocycles. The van der Waals surface area contributed by atoms with Crippen LogP contribution in [0, 0.1) is 13.8 Å². The molecule has 6 heteroatoms.